The average molecular weight is 310 g/mol. The highest BCUT2D eigenvalue weighted by Gasteiger charge is 2.17. The third-order valence-electron chi connectivity index (χ3n) is 3.86. The van der Waals surface area contributed by atoms with Crippen molar-refractivity contribution in [2.45, 2.75) is 20.4 Å². The monoisotopic (exact) mass is 310 g/mol. The Morgan fingerprint density at radius 3 is 2.48 bits per heavy atom. The quantitative estimate of drug-likeness (QED) is 0.708. The summed E-state index contributed by atoms with van der Waals surface area (Å²) < 4.78 is 7.35. The Kier molecular flexibility index (Phi) is 4.02. The van der Waals surface area contributed by atoms with Gasteiger partial charge in [0.2, 0.25) is 5.88 Å². The van der Waals surface area contributed by atoms with E-state index in [2.05, 4.69) is 5.18 Å². The summed E-state index contributed by atoms with van der Waals surface area (Å²) in [4.78, 5) is 11.0. The Morgan fingerprint density at radius 2 is 1.78 bits per heavy atom. The van der Waals surface area contributed by atoms with E-state index in [1.165, 1.54) is 5.56 Å². The molecule has 0 aliphatic heterocycles. The predicted molar refractivity (Wildman–Crippen MR) is 90.5 cm³/mol. The van der Waals surface area contributed by atoms with Crippen molar-refractivity contribution in [1.82, 2.24) is 4.57 Å². The summed E-state index contributed by atoms with van der Waals surface area (Å²) >= 11 is 0. The molecule has 5 heteroatoms. The van der Waals surface area contributed by atoms with E-state index in [9.17, 15) is 10.0 Å². The van der Waals surface area contributed by atoms with Crippen LogP contribution in [0.15, 0.2) is 47.6 Å². The molecule has 0 bridgehead atoms. The van der Waals surface area contributed by atoms with Crippen LogP contribution in [-0.4, -0.2) is 16.3 Å². The second-order valence-corrected chi connectivity index (χ2v) is 5.60. The maximum atomic E-state index is 11.0. The molecule has 0 atom stereocenters. The van der Waals surface area contributed by atoms with E-state index in [0.29, 0.717) is 18.5 Å². The molecule has 0 amide bonds. The van der Waals surface area contributed by atoms with Gasteiger partial charge < -0.3 is 14.4 Å². The molecule has 0 radical (unpaired) electrons. The van der Waals surface area contributed by atoms with Gasteiger partial charge in [-0.1, -0.05) is 29.3 Å². The summed E-state index contributed by atoms with van der Waals surface area (Å²) in [6.45, 7) is 4.76. The van der Waals surface area contributed by atoms with Gasteiger partial charge in [-0.15, -0.1) is 4.91 Å². The summed E-state index contributed by atoms with van der Waals surface area (Å²) in [5.74, 6) is 0.657. The lowest BCUT2D eigenvalue weighted by atomic mass is 10.1. The van der Waals surface area contributed by atoms with Crippen molar-refractivity contribution in [1.29, 1.82) is 0 Å². The van der Waals surface area contributed by atoms with Gasteiger partial charge in [0.15, 0.2) is 5.69 Å². The van der Waals surface area contributed by atoms with Crippen LogP contribution in [0.4, 0.5) is 5.69 Å². The number of aromatic hydroxyl groups is 1. The van der Waals surface area contributed by atoms with Crippen LogP contribution in [0.2, 0.25) is 0 Å². The second-order valence-electron chi connectivity index (χ2n) is 5.60. The van der Waals surface area contributed by atoms with Crippen LogP contribution < -0.4 is 4.74 Å². The molecule has 118 valence electrons. The van der Waals surface area contributed by atoms with Crippen molar-refractivity contribution in [3.05, 3.63) is 58.5 Å². The highest BCUT2D eigenvalue weighted by atomic mass is 16.5. The number of hydrogen-bond acceptors (Lipinski definition) is 4. The molecule has 5 nitrogen and oxygen atoms in total. The topological polar surface area (TPSA) is 63.8 Å². The number of benzene rings is 2. The Hall–Kier alpha value is -2.82. The van der Waals surface area contributed by atoms with E-state index in [0.717, 1.165) is 16.8 Å². The normalized spacial score (nSPS) is 10.9. The fraction of sp³-hybridized carbons (Fsp3) is 0.222. The molecule has 0 saturated carbocycles. The van der Waals surface area contributed by atoms with Gasteiger partial charge in [0, 0.05) is 5.39 Å². The van der Waals surface area contributed by atoms with Gasteiger partial charge in [-0.05, 0) is 43.3 Å². The van der Waals surface area contributed by atoms with Crippen LogP contribution in [0.1, 0.15) is 11.1 Å². The van der Waals surface area contributed by atoms with Crippen LogP contribution in [0.3, 0.4) is 0 Å². The standard InChI is InChI=1S/C18H18N2O3/c1-12-3-6-14(7-4-12)23-10-9-20-16-8-5-13(2)11-15(16)17(19-22)18(20)21/h3-8,11,21H,9-10H2,1-2H3. The Balaban J connectivity index is 1.83. The molecule has 1 N–H and O–H groups in total. The molecule has 0 aliphatic rings. The van der Waals surface area contributed by atoms with Crippen molar-refractivity contribution in [2.24, 2.45) is 5.18 Å². The molecule has 0 aliphatic carbocycles. The number of ether oxygens (including phenoxy) is 1. The molecule has 0 saturated heterocycles. The van der Waals surface area contributed by atoms with Crippen LogP contribution in [0.5, 0.6) is 11.6 Å². The van der Waals surface area contributed by atoms with E-state index in [4.69, 9.17) is 4.74 Å². The number of aromatic nitrogens is 1. The second kappa shape index (κ2) is 6.12. The summed E-state index contributed by atoms with van der Waals surface area (Å²) in [6.07, 6.45) is 0. The Labute approximate surface area is 134 Å². The number of aryl methyl sites for hydroxylation is 2. The summed E-state index contributed by atoms with van der Waals surface area (Å²) in [5.41, 5.74) is 3.04. The zero-order valence-electron chi connectivity index (χ0n) is 13.1. The van der Waals surface area contributed by atoms with Gasteiger partial charge in [0.05, 0.1) is 12.1 Å². The molecular formula is C18H18N2O3. The zero-order chi connectivity index (χ0) is 16.4. The van der Waals surface area contributed by atoms with Crippen molar-refractivity contribution in [3.63, 3.8) is 0 Å². The summed E-state index contributed by atoms with van der Waals surface area (Å²) in [5, 5.41) is 13.9. The van der Waals surface area contributed by atoms with Gasteiger partial charge in [0.25, 0.3) is 0 Å². The van der Waals surface area contributed by atoms with Crippen molar-refractivity contribution in [2.75, 3.05) is 6.61 Å². The molecule has 0 unspecified atom stereocenters. The Bertz CT molecular complexity index is 851. The summed E-state index contributed by atoms with van der Waals surface area (Å²) in [6, 6.07) is 13.4. The molecule has 0 fully saturated rings. The molecule has 2 aromatic carbocycles. The van der Waals surface area contributed by atoms with E-state index in [1.807, 2.05) is 56.3 Å². The molecule has 3 aromatic rings. The fourth-order valence-electron chi connectivity index (χ4n) is 2.64. The molecule has 3 rings (SSSR count). The number of nitrogens with zero attached hydrogens (tertiary/aromatic N) is 2. The summed E-state index contributed by atoms with van der Waals surface area (Å²) in [7, 11) is 0. The van der Waals surface area contributed by atoms with Gasteiger partial charge in [0.1, 0.15) is 12.4 Å². The van der Waals surface area contributed by atoms with Crippen molar-refractivity contribution < 1.29 is 9.84 Å². The Morgan fingerprint density at radius 1 is 1.09 bits per heavy atom. The lowest BCUT2D eigenvalue weighted by Crippen LogP contribution is -2.07. The SMILES string of the molecule is Cc1ccc(OCCn2c(O)c(N=O)c3cc(C)ccc32)cc1. The average Bonchev–Trinajstić information content (AvgIpc) is 2.80. The first-order valence-corrected chi connectivity index (χ1v) is 7.45. The van der Waals surface area contributed by atoms with Gasteiger partial charge in [-0.2, -0.15) is 0 Å². The first-order chi connectivity index (χ1) is 11.1. The molecule has 1 aromatic heterocycles. The minimum absolute atomic E-state index is 0.0824. The van der Waals surface area contributed by atoms with E-state index in [1.54, 1.807) is 4.57 Å². The van der Waals surface area contributed by atoms with Crippen LogP contribution >= 0.6 is 0 Å². The maximum Gasteiger partial charge on any atom is 0.222 e. The van der Waals surface area contributed by atoms with Crippen LogP contribution in [0, 0.1) is 18.8 Å². The van der Waals surface area contributed by atoms with Gasteiger partial charge in [-0.25, -0.2) is 0 Å². The van der Waals surface area contributed by atoms with Crippen molar-refractivity contribution >= 4 is 16.6 Å². The van der Waals surface area contributed by atoms with Gasteiger partial charge in [-0.3, -0.25) is 0 Å². The smallest absolute Gasteiger partial charge is 0.222 e. The minimum Gasteiger partial charge on any atom is -0.493 e. The molecule has 0 spiro atoms. The van der Waals surface area contributed by atoms with E-state index < -0.39 is 0 Å². The minimum atomic E-state index is -0.117. The number of nitroso groups, excluding NO2 is 1. The molecular weight excluding hydrogens is 292 g/mol. The highest BCUT2D eigenvalue weighted by Crippen LogP contribution is 2.38. The van der Waals surface area contributed by atoms with Crippen LogP contribution in [0.25, 0.3) is 10.9 Å². The van der Waals surface area contributed by atoms with Crippen LogP contribution in [-0.2, 0) is 6.54 Å². The third-order valence-corrected chi connectivity index (χ3v) is 3.86. The number of fused-ring (bicyclic) bond motifs is 1. The fourth-order valence-corrected chi connectivity index (χ4v) is 2.64. The third kappa shape index (κ3) is 2.90. The lowest BCUT2D eigenvalue weighted by Gasteiger charge is -2.09. The van der Waals surface area contributed by atoms with E-state index >= 15 is 0 Å². The predicted octanol–water partition coefficient (Wildman–Crippen LogP) is 4.44. The largest absolute Gasteiger partial charge is 0.493 e. The molecule has 23 heavy (non-hydrogen) atoms. The van der Waals surface area contributed by atoms with Gasteiger partial charge >= 0.3 is 0 Å². The highest BCUT2D eigenvalue weighted by molar-refractivity contribution is 5.95. The number of hydrogen-bond donors (Lipinski definition) is 1. The zero-order valence-corrected chi connectivity index (χ0v) is 13.1. The first-order valence-electron chi connectivity index (χ1n) is 7.45. The lowest BCUT2D eigenvalue weighted by molar-refractivity contribution is 0.290. The van der Waals surface area contributed by atoms with Crippen molar-refractivity contribution in [3.8, 4) is 11.6 Å². The molecule has 1 heterocycles. The maximum absolute atomic E-state index is 11.0. The first kappa shape index (κ1) is 15.1. The van der Waals surface area contributed by atoms with E-state index in [-0.39, 0.29) is 11.6 Å². The number of rotatable bonds is 5.